The summed E-state index contributed by atoms with van der Waals surface area (Å²) >= 11 is 0. The van der Waals surface area contributed by atoms with E-state index in [1.54, 1.807) is 0 Å². The molecule has 1 aromatic heterocycles. The summed E-state index contributed by atoms with van der Waals surface area (Å²) in [5, 5.41) is 0. The van der Waals surface area contributed by atoms with E-state index in [1.165, 1.54) is 0 Å². The molecule has 0 atom stereocenters. The minimum absolute atomic E-state index is 0.287. The third kappa shape index (κ3) is 2.25. The minimum atomic E-state index is 0.287. The first-order valence-electron chi connectivity index (χ1n) is 5.40. The second kappa shape index (κ2) is 4.99. The molecule has 1 N–H and O–H groups in total. The summed E-state index contributed by atoms with van der Waals surface area (Å²) in [6, 6.07) is 0. The number of carbonyl (C=O) groups excluding carboxylic acids is 1. The van der Waals surface area contributed by atoms with E-state index in [0.717, 1.165) is 36.1 Å². The van der Waals surface area contributed by atoms with Crippen LogP contribution in [0.4, 0.5) is 0 Å². The first-order valence-corrected chi connectivity index (χ1v) is 5.40. The minimum Gasteiger partial charge on any atom is -0.364 e. The number of carbonyl (C=O) groups is 1. The van der Waals surface area contributed by atoms with Gasteiger partial charge in [-0.05, 0) is 25.3 Å². The molecule has 0 fully saturated rings. The molecule has 2 nitrogen and oxygen atoms in total. The number of Topliss-reactive ketones (excluding diaryl/α,β-unsaturated/α-hetero) is 1. The number of hydrogen-bond donors (Lipinski definition) is 1. The molecule has 14 heavy (non-hydrogen) atoms. The molecule has 0 aliphatic carbocycles. The molecule has 1 rings (SSSR count). The molecule has 0 saturated carbocycles. The van der Waals surface area contributed by atoms with Crippen molar-refractivity contribution in [1.82, 2.24) is 4.98 Å². The zero-order chi connectivity index (χ0) is 10.6. The first-order chi connectivity index (χ1) is 6.70. The number of aryl methyl sites for hydroxylation is 2. The molecule has 0 aliphatic heterocycles. The van der Waals surface area contributed by atoms with Crippen LogP contribution in [0.25, 0.3) is 0 Å². The third-order valence-corrected chi connectivity index (χ3v) is 2.41. The van der Waals surface area contributed by atoms with Crippen LogP contribution in [0.15, 0.2) is 6.20 Å². The molecule has 0 amide bonds. The zero-order valence-electron chi connectivity index (χ0n) is 9.31. The number of aromatic amines is 1. The van der Waals surface area contributed by atoms with Crippen LogP contribution < -0.4 is 0 Å². The van der Waals surface area contributed by atoms with E-state index in [-0.39, 0.29) is 5.78 Å². The van der Waals surface area contributed by atoms with Crippen molar-refractivity contribution in [3.05, 3.63) is 23.0 Å². The lowest BCUT2D eigenvalue weighted by atomic mass is 10.0. The predicted molar refractivity (Wildman–Crippen MR) is 58.8 cm³/mol. The number of H-pyrrole nitrogens is 1. The standard InChI is InChI=1S/C12H19NO/c1-4-6-10-12(9(3)8-13-10)11(14)7-5-2/h8,13H,4-7H2,1-3H3. The highest BCUT2D eigenvalue weighted by Gasteiger charge is 2.14. The summed E-state index contributed by atoms with van der Waals surface area (Å²) in [5.41, 5.74) is 3.14. The Kier molecular flexibility index (Phi) is 3.93. The molecule has 78 valence electrons. The van der Waals surface area contributed by atoms with Gasteiger partial charge in [-0.2, -0.15) is 0 Å². The summed E-state index contributed by atoms with van der Waals surface area (Å²) in [5.74, 6) is 0.287. The summed E-state index contributed by atoms with van der Waals surface area (Å²) in [4.78, 5) is 15.0. The lowest BCUT2D eigenvalue weighted by Crippen LogP contribution is -2.03. The Hall–Kier alpha value is -1.05. The van der Waals surface area contributed by atoms with Gasteiger partial charge in [0.2, 0.25) is 0 Å². The molecule has 0 spiro atoms. The van der Waals surface area contributed by atoms with Gasteiger partial charge in [0.1, 0.15) is 0 Å². The Morgan fingerprint density at radius 1 is 1.36 bits per heavy atom. The third-order valence-electron chi connectivity index (χ3n) is 2.41. The van der Waals surface area contributed by atoms with Gasteiger partial charge in [-0.15, -0.1) is 0 Å². The molecule has 0 aliphatic rings. The summed E-state index contributed by atoms with van der Waals surface area (Å²) < 4.78 is 0. The van der Waals surface area contributed by atoms with Gasteiger partial charge in [-0.3, -0.25) is 4.79 Å². The van der Waals surface area contributed by atoms with Crippen molar-refractivity contribution in [2.75, 3.05) is 0 Å². The van der Waals surface area contributed by atoms with Crippen LogP contribution in [-0.4, -0.2) is 10.8 Å². The van der Waals surface area contributed by atoms with Crippen molar-refractivity contribution >= 4 is 5.78 Å². The number of rotatable bonds is 5. The lowest BCUT2D eigenvalue weighted by Gasteiger charge is -2.02. The summed E-state index contributed by atoms with van der Waals surface area (Å²) in [7, 11) is 0. The quantitative estimate of drug-likeness (QED) is 0.715. The molecule has 2 heteroatoms. The number of nitrogens with one attached hydrogen (secondary N) is 1. The average molecular weight is 193 g/mol. The largest absolute Gasteiger partial charge is 0.364 e. The van der Waals surface area contributed by atoms with E-state index < -0.39 is 0 Å². The molecule has 0 saturated heterocycles. The van der Waals surface area contributed by atoms with Crippen molar-refractivity contribution in [3.8, 4) is 0 Å². The second-order valence-electron chi connectivity index (χ2n) is 3.75. The molecule has 1 heterocycles. The Morgan fingerprint density at radius 2 is 2.07 bits per heavy atom. The number of aromatic nitrogens is 1. The smallest absolute Gasteiger partial charge is 0.164 e. The fourth-order valence-electron chi connectivity index (χ4n) is 1.77. The van der Waals surface area contributed by atoms with Crippen molar-refractivity contribution in [2.45, 2.75) is 46.5 Å². The van der Waals surface area contributed by atoms with Crippen molar-refractivity contribution in [2.24, 2.45) is 0 Å². The van der Waals surface area contributed by atoms with E-state index in [0.29, 0.717) is 6.42 Å². The van der Waals surface area contributed by atoms with Crippen LogP contribution in [0.5, 0.6) is 0 Å². The second-order valence-corrected chi connectivity index (χ2v) is 3.75. The summed E-state index contributed by atoms with van der Waals surface area (Å²) in [6.07, 6.45) is 5.57. The Morgan fingerprint density at radius 3 is 2.64 bits per heavy atom. The highest BCUT2D eigenvalue weighted by molar-refractivity contribution is 5.98. The Balaban J connectivity index is 2.92. The van der Waals surface area contributed by atoms with Crippen LogP contribution in [-0.2, 0) is 6.42 Å². The molecular formula is C12H19NO. The topological polar surface area (TPSA) is 32.9 Å². The van der Waals surface area contributed by atoms with Gasteiger partial charge >= 0.3 is 0 Å². The highest BCUT2D eigenvalue weighted by atomic mass is 16.1. The highest BCUT2D eigenvalue weighted by Crippen LogP contribution is 2.17. The first kappa shape index (κ1) is 11.0. The monoisotopic (exact) mass is 193 g/mol. The maximum absolute atomic E-state index is 11.8. The summed E-state index contributed by atoms with van der Waals surface area (Å²) in [6.45, 7) is 6.17. The number of ketones is 1. The van der Waals surface area contributed by atoms with E-state index in [9.17, 15) is 4.79 Å². The molecule has 1 aromatic rings. The normalized spacial score (nSPS) is 10.5. The van der Waals surface area contributed by atoms with Crippen LogP contribution >= 0.6 is 0 Å². The van der Waals surface area contributed by atoms with E-state index >= 15 is 0 Å². The van der Waals surface area contributed by atoms with Crippen LogP contribution in [0.2, 0.25) is 0 Å². The van der Waals surface area contributed by atoms with Gasteiger partial charge in [-0.25, -0.2) is 0 Å². The van der Waals surface area contributed by atoms with Gasteiger partial charge < -0.3 is 4.98 Å². The number of hydrogen-bond acceptors (Lipinski definition) is 1. The van der Waals surface area contributed by atoms with E-state index in [2.05, 4.69) is 11.9 Å². The lowest BCUT2D eigenvalue weighted by molar-refractivity contribution is 0.0980. The van der Waals surface area contributed by atoms with Gasteiger partial charge in [-0.1, -0.05) is 20.3 Å². The molecular weight excluding hydrogens is 174 g/mol. The predicted octanol–water partition coefficient (Wildman–Crippen LogP) is 3.26. The van der Waals surface area contributed by atoms with Crippen molar-refractivity contribution in [3.63, 3.8) is 0 Å². The van der Waals surface area contributed by atoms with E-state index in [1.807, 2.05) is 20.0 Å². The van der Waals surface area contributed by atoms with E-state index in [4.69, 9.17) is 0 Å². The fourth-order valence-corrected chi connectivity index (χ4v) is 1.77. The average Bonchev–Trinajstić information content (AvgIpc) is 2.48. The van der Waals surface area contributed by atoms with Crippen LogP contribution in [0, 0.1) is 6.92 Å². The zero-order valence-corrected chi connectivity index (χ0v) is 9.31. The Labute approximate surface area is 85.7 Å². The molecule has 0 radical (unpaired) electrons. The Bertz CT molecular complexity index is 312. The van der Waals surface area contributed by atoms with Crippen molar-refractivity contribution < 1.29 is 4.79 Å². The van der Waals surface area contributed by atoms with Gasteiger partial charge in [0.15, 0.2) is 5.78 Å². The maximum Gasteiger partial charge on any atom is 0.164 e. The fraction of sp³-hybridized carbons (Fsp3) is 0.583. The molecule has 0 unspecified atom stereocenters. The molecule has 0 bridgehead atoms. The van der Waals surface area contributed by atoms with Gasteiger partial charge in [0.05, 0.1) is 0 Å². The SMILES string of the molecule is CCCC(=O)c1c(C)c[nH]c1CCC. The molecule has 0 aromatic carbocycles. The van der Waals surface area contributed by atoms with Crippen LogP contribution in [0.3, 0.4) is 0 Å². The van der Waals surface area contributed by atoms with Gasteiger partial charge in [0.25, 0.3) is 0 Å². The van der Waals surface area contributed by atoms with Gasteiger partial charge in [0, 0.05) is 23.9 Å². The van der Waals surface area contributed by atoms with Crippen molar-refractivity contribution in [1.29, 1.82) is 0 Å². The van der Waals surface area contributed by atoms with Crippen LogP contribution in [0.1, 0.15) is 54.7 Å². The maximum atomic E-state index is 11.8.